The molecule has 126 valence electrons. The van der Waals surface area contributed by atoms with Gasteiger partial charge in [-0.05, 0) is 36.2 Å². The van der Waals surface area contributed by atoms with Crippen LogP contribution in [0.3, 0.4) is 0 Å². The molecule has 1 amide bonds. The van der Waals surface area contributed by atoms with E-state index in [1.54, 1.807) is 18.2 Å². The largest absolute Gasteiger partial charge is 0.366 e. The van der Waals surface area contributed by atoms with Gasteiger partial charge in [-0.25, -0.2) is 14.4 Å². The Labute approximate surface area is 145 Å². The second-order valence-corrected chi connectivity index (χ2v) is 5.54. The second-order valence-electron chi connectivity index (χ2n) is 5.54. The number of halogens is 1. The topological polar surface area (TPSA) is 66.9 Å². The van der Waals surface area contributed by atoms with Crippen molar-refractivity contribution in [3.8, 4) is 0 Å². The van der Waals surface area contributed by atoms with Crippen LogP contribution in [0.1, 0.15) is 21.6 Å². The average Bonchev–Trinajstić information content (AvgIpc) is 2.63. The Morgan fingerprint density at radius 2 is 1.84 bits per heavy atom. The van der Waals surface area contributed by atoms with Gasteiger partial charge in [0.05, 0.1) is 0 Å². The Morgan fingerprint density at radius 1 is 1.08 bits per heavy atom. The number of nitrogens with zero attached hydrogens (tertiary/aromatic N) is 2. The van der Waals surface area contributed by atoms with Crippen LogP contribution in [0.25, 0.3) is 0 Å². The van der Waals surface area contributed by atoms with E-state index in [2.05, 4.69) is 20.6 Å². The summed E-state index contributed by atoms with van der Waals surface area (Å²) in [6.07, 6.45) is 1.33. The molecule has 1 aromatic heterocycles. The first-order valence-electron chi connectivity index (χ1n) is 7.79. The van der Waals surface area contributed by atoms with Crippen molar-refractivity contribution in [3.63, 3.8) is 0 Å². The third-order valence-corrected chi connectivity index (χ3v) is 3.68. The van der Waals surface area contributed by atoms with Gasteiger partial charge in [0.2, 0.25) is 0 Å². The molecule has 3 aromatic rings. The number of amides is 1. The predicted molar refractivity (Wildman–Crippen MR) is 94.9 cm³/mol. The summed E-state index contributed by atoms with van der Waals surface area (Å²) >= 11 is 0. The number of aromatic nitrogens is 2. The molecule has 0 bridgehead atoms. The van der Waals surface area contributed by atoms with Crippen molar-refractivity contribution >= 4 is 17.4 Å². The standard InChI is InChI=1S/C19H17FN4O/c1-13-4-2-3-5-16(13)24-19(25)17-10-18(23-12-22-17)21-11-14-6-8-15(20)9-7-14/h2-10,12H,11H2,1H3,(H,24,25)(H,21,22,23). The molecule has 3 rings (SSSR count). The van der Waals surface area contributed by atoms with Crippen LogP contribution in [-0.4, -0.2) is 15.9 Å². The highest BCUT2D eigenvalue weighted by Gasteiger charge is 2.10. The van der Waals surface area contributed by atoms with E-state index in [4.69, 9.17) is 0 Å². The Balaban J connectivity index is 1.67. The molecule has 1 heterocycles. The van der Waals surface area contributed by atoms with Gasteiger partial charge in [0.1, 0.15) is 23.7 Å². The van der Waals surface area contributed by atoms with E-state index >= 15 is 0 Å². The minimum Gasteiger partial charge on any atom is -0.366 e. The zero-order valence-corrected chi connectivity index (χ0v) is 13.7. The fourth-order valence-electron chi connectivity index (χ4n) is 2.27. The van der Waals surface area contributed by atoms with Crippen molar-refractivity contribution in [1.29, 1.82) is 0 Å². The summed E-state index contributed by atoms with van der Waals surface area (Å²) in [5.74, 6) is -0.0586. The lowest BCUT2D eigenvalue weighted by Gasteiger charge is -2.09. The Kier molecular flexibility index (Phi) is 4.99. The summed E-state index contributed by atoms with van der Waals surface area (Å²) in [6, 6.07) is 15.3. The number of rotatable bonds is 5. The molecule has 0 radical (unpaired) electrons. The van der Waals surface area contributed by atoms with Gasteiger partial charge in [-0.15, -0.1) is 0 Å². The maximum Gasteiger partial charge on any atom is 0.274 e. The molecule has 6 heteroatoms. The van der Waals surface area contributed by atoms with E-state index in [9.17, 15) is 9.18 Å². The molecular weight excluding hydrogens is 319 g/mol. The van der Waals surface area contributed by atoms with Crippen molar-refractivity contribution in [2.24, 2.45) is 0 Å². The molecule has 0 aliphatic carbocycles. The van der Waals surface area contributed by atoms with Gasteiger partial charge in [0, 0.05) is 18.3 Å². The van der Waals surface area contributed by atoms with Gasteiger partial charge < -0.3 is 10.6 Å². The molecule has 0 aliphatic rings. The summed E-state index contributed by atoms with van der Waals surface area (Å²) in [4.78, 5) is 20.5. The summed E-state index contributed by atoms with van der Waals surface area (Å²) in [5, 5.41) is 5.93. The van der Waals surface area contributed by atoms with Gasteiger partial charge >= 0.3 is 0 Å². The van der Waals surface area contributed by atoms with Gasteiger partial charge in [-0.1, -0.05) is 30.3 Å². The predicted octanol–water partition coefficient (Wildman–Crippen LogP) is 3.79. The lowest BCUT2D eigenvalue weighted by molar-refractivity contribution is 0.102. The molecule has 2 N–H and O–H groups in total. The molecule has 0 aliphatic heterocycles. The van der Waals surface area contributed by atoms with E-state index in [1.807, 2.05) is 31.2 Å². The van der Waals surface area contributed by atoms with E-state index in [-0.39, 0.29) is 17.4 Å². The van der Waals surface area contributed by atoms with Crippen LogP contribution < -0.4 is 10.6 Å². The number of aryl methyl sites for hydroxylation is 1. The molecule has 0 atom stereocenters. The monoisotopic (exact) mass is 336 g/mol. The number of anilines is 2. The van der Waals surface area contributed by atoms with Gasteiger partial charge in [-0.3, -0.25) is 4.79 Å². The first-order chi connectivity index (χ1) is 12.1. The Hall–Kier alpha value is -3.28. The number of nitrogens with one attached hydrogen (secondary N) is 2. The van der Waals surface area contributed by atoms with E-state index in [0.717, 1.165) is 16.8 Å². The lowest BCUT2D eigenvalue weighted by Crippen LogP contribution is -2.15. The fourth-order valence-corrected chi connectivity index (χ4v) is 2.27. The van der Waals surface area contributed by atoms with Crippen LogP contribution >= 0.6 is 0 Å². The van der Waals surface area contributed by atoms with Crippen LogP contribution in [0.2, 0.25) is 0 Å². The highest BCUT2D eigenvalue weighted by Crippen LogP contribution is 2.15. The number of hydrogen-bond donors (Lipinski definition) is 2. The van der Waals surface area contributed by atoms with Crippen molar-refractivity contribution in [1.82, 2.24) is 9.97 Å². The molecule has 2 aromatic carbocycles. The number of hydrogen-bond acceptors (Lipinski definition) is 4. The van der Waals surface area contributed by atoms with Gasteiger partial charge in [0.25, 0.3) is 5.91 Å². The Bertz CT molecular complexity index is 881. The summed E-state index contributed by atoms with van der Waals surface area (Å²) in [5.41, 5.74) is 2.89. The maximum absolute atomic E-state index is 12.9. The molecule has 0 saturated heterocycles. The zero-order valence-electron chi connectivity index (χ0n) is 13.7. The number of benzene rings is 2. The van der Waals surface area contributed by atoms with Crippen LogP contribution in [-0.2, 0) is 6.54 Å². The molecule has 0 unspecified atom stereocenters. The van der Waals surface area contributed by atoms with Crippen molar-refractivity contribution < 1.29 is 9.18 Å². The zero-order chi connectivity index (χ0) is 17.6. The minimum atomic E-state index is -0.304. The third-order valence-electron chi connectivity index (χ3n) is 3.68. The highest BCUT2D eigenvalue weighted by molar-refractivity contribution is 6.03. The Morgan fingerprint density at radius 3 is 2.60 bits per heavy atom. The maximum atomic E-state index is 12.9. The van der Waals surface area contributed by atoms with E-state index in [0.29, 0.717) is 12.4 Å². The van der Waals surface area contributed by atoms with Crippen LogP contribution in [0.5, 0.6) is 0 Å². The van der Waals surface area contributed by atoms with E-state index < -0.39 is 0 Å². The van der Waals surface area contributed by atoms with Gasteiger partial charge in [0.15, 0.2) is 0 Å². The normalized spacial score (nSPS) is 10.3. The highest BCUT2D eigenvalue weighted by atomic mass is 19.1. The SMILES string of the molecule is Cc1ccccc1NC(=O)c1cc(NCc2ccc(F)cc2)ncn1. The summed E-state index contributed by atoms with van der Waals surface area (Å²) in [7, 11) is 0. The minimum absolute atomic E-state index is 0.264. The van der Waals surface area contributed by atoms with Crippen LogP contribution in [0, 0.1) is 12.7 Å². The number of carbonyl (C=O) groups excluding carboxylic acids is 1. The van der Waals surface area contributed by atoms with Crippen molar-refractivity contribution in [2.75, 3.05) is 10.6 Å². The molecule has 0 fully saturated rings. The lowest BCUT2D eigenvalue weighted by atomic mass is 10.2. The smallest absolute Gasteiger partial charge is 0.274 e. The number of carbonyl (C=O) groups is 1. The molecule has 25 heavy (non-hydrogen) atoms. The quantitative estimate of drug-likeness (QED) is 0.744. The van der Waals surface area contributed by atoms with Crippen molar-refractivity contribution in [2.45, 2.75) is 13.5 Å². The molecule has 0 saturated carbocycles. The fraction of sp³-hybridized carbons (Fsp3) is 0.105. The first-order valence-corrected chi connectivity index (χ1v) is 7.79. The molecule has 0 spiro atoms. The third kappa shape index (κ3) is 4.38. The first kappa shape index (κ1) is 16.6. The van der Waals surface area contributed by atoms with Crippen LogP contribution in [0.4, 0.5) is 15.9 Å². The number of para-hydroxylation sites is 1. The molecular formula is C19H17FN4O. The van der Waals surface area contributed by atoms with Crippen LogP contribution in [0.15, 0.2) is 60.9 Å². The van der Waals surface area contributed by atoms with Gasteiger partial charge in [-0.2, -0.15) is 0 Å². The average molecular weight is 336 g/mol. The summed E-state index contributed by atoms with van der Waals surface area (Å²) in [6.45, 7) is 2.39. The van der Waals surface area contributed by atoms with Crippen molar-refractivity contribution in [3.05, 3.63) is 83.6 Å². The van der Waals surface area contributed by atoms with E-state index in [1.165, 1.54) is 18.5 Å². The summed E-state index contributed by atoms with van der Waals surface area (Å²) < 4.78 is 12.9. The molecule has 5 nitrogen and oxygen atoms in total. The second kappa shape index (κ2) is 7.53.